The van der Waals surface area contributed by atoms with E-state index < -0.39 is 5.54 Å². The molecule has 7 heteroatoms. The third-order valence-corrected chi connectivity index (χ3v) is 3.08. The molecule has 0 aliphatic carbocycles. The number of nitrogens with zero attached hydrogens (tertiary/aromatic N) is 3. The fourth-order valence-electron chi connectivity index (χ4n) is 1.97. The molecule has 1 aromatic heterocycles. The predicted octanol–water partition coefficient (Wildman–Crippen LogP) is 1.32. The van der Waals surface area contributed by atoms with Crippen molar-refractivity contribution in [3.8, 4) is 0 Å². The number of methoxy groups -OCH3 is 1. The van der Waals surface area contributed by atoms with Crippen LogP contribution in [0, 0.1) is 0 Å². The van der Waals surface area contributed by atoms with Crippen molar-refractivity contribution in [2.24, 2.45) is 0 Å². The Bertz CT molecular complexity index is 501. The Morgan fingerprint density at radius 2 is 2.00 bits per heavy atom. The summed E-state index contributed by atoms with van der Waals surface area (Å²) in [4.78, 5) is 25.0. The van der Waals surface area contributed by atoms with E-state index in [4.69, 9.17) is 4.74 Å². The van der Waals surface area contributed by atoms with Crippen LogP contribution in [0.25, 0.3) is 0 Å². The first-order valence-corrected chi connectivity index (χ1v) is 6.76. The second-order valence-corrected chi connectivity index (χ2v) is 5.20. The first-order valence-electron chi connectivity index (χ1n) is 6.76. The maximum absolute atomic E-state index is 11.9. The summed E-state index contributed by atoms with van der Waals surface area (Å²) in [7, 11) is 4.64. The summed E-state index contributed by atoms with van der Waals surface area (Å²) >= 11 is 0. The number of aromatic nitrogens is 2. The highest BCUT2D eigenvalue weighted by Crippen LogP contribution is 2.20. The molecule has 0 fully saturated rings. The van der Waals surface area contributed by atoms with Gasteiger partial charge in [0.2, 0.25) is 0 Å². The van der Waals surface area contributed by atoms with E-state index in [1.165, 1.54) is 12.0 Å². The van der Waals surface area contributed by atoms with Gasteiger partial charge in [0, 0.05) is 14.1 Å². The van der Waals surface area contributed by atoms with E-state index in [0.29, 0.717) is 12.2 Å². The number of rotatable bonds is 6. The maximum atomic E-state index is 11.9. The summed E-state index contributed by atoms with van der Waals surface area (Å²) < 4.78 is 4.82. The van der Waals surface area contributed by atoms with Crippen molar-refractivity contribution in [3.63, 3.8) is 0 Å². The molecular formula is C14H22N4O3. The standard InChI is InChI=1S/C14H22N4O3/c1-6-9-14(2,13(20)21-5)15-11-8-7-10(16-17-11)12(19)18(3)4/h7-8H,6,9H2,1-5H3,(H,15,17). The molecule has 1 heterocycles. The second-order valence-electron chi connectivity index (χ2n) is 5.20. The number of ether oxygens (including phenoxy) is 1. The van der Waals surface area contributed by atoms with Gasteiger partial charge in [-0.15, -0.1) is 10.2 Å². The van der Waals surface area contributed by atoms with Crippen molar-refractivity contribution < 1.29 is 14.3 Å². The summed E-state index contributed by atoms with van der Waals surface area (Å²) in [6.45, 7) is 3.73. The Morgan fingerprint density at radius 1 is 1.33 bits per heavy atom. The average molecular weight is 294 g/mol. The van der Waals surface area contributed by atoms with Crippen LogP contribution in [0.4, 0.5) is 5.82 Å². The van der Waals surface area contributed by atoms with Gasteiger partial charge in [-0.25, -0.2) is 4.79 Å². The van der Waals surface area contributed by atoms with Gasteiger partial charge in [-0.3, -0.25) is 4.79 Å². The lowest BCUT2D eigenvalue weighted by Crippen LogP contribution is -2.44. The zero-order valence-electron chi connectivity index (χ0n) is 13.1. The van der Waals surface area contributed by atoms with Gasteiger partial charge < -0.3 is 15.0 Å². The van der Waals surface area contributed by atoms with Crippen molar-refractivity contribution in [3.05, 3.63) is 17.8 Å². The number of carbonyl (C=O) groups excluding carboxylic acids is 2. The Morgan fingerprint density at radius 3 is 2.43 bits per heavy atom. The molecule has 0 radical (unpaired) electrons. The number of carbonyl (C=O) groups is 2. The molecule has 116 valence electrons. The largest absolute Gasteiger partial charge is 0.467 e. The summed E-state index contributed by atoms with van der Waals surface area (Å²) in [5, 5.41) is 10.9. The van der Waals surface area contributed by atoms with Gasteiger partial charge in [0.1, 0.15) is 11.4 Å². The Balaban J connectivity index is 2.91. The molecule has 1 rings (SSSR count). The van der Waals surface area contributed by atoms with Crippen LogP contribution in [0.15, 0.2) is 12.1 Å². The number of amides is 1. The lowest BCUT2D eigenvalue weighted by molar-refractivity contribution is -0.145. The third kappa shape index (κ3) is 4.14. The zero-order chi connectivity index (χ0) is 16.0. The molecular weight excluding hydrogens is 272 g/mol. The molecule has 1 atom stereocenters. The summed E-state index contributed by atoms with van der Waals surface area (Å²) in [6, 6.07) is 3.20. The van der Waals surface area contributed by atoms with Gasteiger partial charge in [0.25, 0.3) is 5.91 Å². The second kappa shape index (κ2) is 7.01. The van der Waals surface area contributed by atoms with E-state index in [1.54, 1.807) is 33.2 Å². The average Bonchev–Trinajstić information content (AvgIpc) is 2.46. The van der Waals surface area contributed by atoms with Gasteiger partial charge in [-0.2, -0.15) is 0 Å². The van der Waals surface area contributed by atoms with Crippen molar-refractivity contribution >= 4 is 17.7 Å². The van der Waals surface area contributed by atoms with Crippen molar-refractivity contribution in [1.29, 1.82) is 0 Å². The smallest absolute Gasteiger partial charge is 0.331 e. The quantitative estimate of drug-likeness (QED) is 0.797. The fraction of sp³-hybridized carbons (Fsp3) is 0.571. The van der Waals surface area contributed by atoms with E-state index in [9.17, 15) is 9.59 Å². The fourth-order valence-corrected chi connectivity index (χ4v) is 1.97. The Labute approximate surface area is 124 Å². The van der Waals surface area contributed by atoms with Crippen LogP contribution in [-0.2, 0) is 9.53 Å². The first kappa shape index (κ1) is 16.9. The summed E-state index contributed by atoms with van der Waals surface area (Å²) in [5.74, 6) is -0.162. The van der Waals surface area contributed by atoms with Gasteiger partial charge in [-0.05, 0) is 25.5 Å². The van der Waals surface area contributed by atoms with E-state index in [1.807, 2.05) is 6.92 Å². The highest BCUT2D eigenvalue weighted by molar-refractivity contribution is 5.92. The highest BCUT2D eigenvalue weighted by atomic mass is 16.5. The highest BCUT2D eigenvalue weighted by Gasteiger charge is 2.33. The summed E-state index contributed by atoms with van der Waals surface area (Å²) in [5.41, 5.74) is -0.619. The van der Waals surface area contributed by atoms with Gasteiger partial charge in [0.15, 0.2) is 5.69 Å². The van der Waals surface area contributed by atoms with Crippen molar-refractivity contribution in [2.75, 3.05) is 26.5 Å². The Hall–Kier alpha value is -2.18. The van der Waals surface area contributed by atoms with E-state index in [2.05, 4.69) is 15.5 Å². The predicted molar refractivity (Wildman–Crippen MR) is 79.0 cm³/mol. The van der Waals surface area contributed by atoms with Crippen molar-refractivity contribution in [1.82, 2.24) is 15.1 Å². The van der Waals surface area contributed by atoms with Crippen LogP contribution in [0.5, 0.6) is 0 Å². The molecule has 0 saturated heterocycles. The van der Waals surface area contributed by atoms with Gasteiger partial charge in [0.05, 0.1) is 7.11 Å². The van der Waals surface area contributed by atoms with Crippen LogP contribution in [0.1, 0.15) is 37.2 Å². The minimum absolute atomic E-state index is 0.224. The lowest BCUT2D eigenvalue weighted by atomic mass is 9.96. The SMILES string of the molecule is CCCC(C)(Nc1ccc(C(=O)N(C)C)nn1)C(=O)OC. The van der Waals surface area contributed by atoms with Crippen LogP contribution in [-0.4, -0.2) is 53.7 Å². The molecule has 0 aliphatic rings. The third-order valence-electron chi connectivity index (χ3n) is 3.08. The number of hydrogen-bond acceptors (Lipinski definition) is 6. The monoisotopic (exact) mass is 294 g/mol. The molecule has 0 bridgehead atoms. The normalized spacial score (nSPS) is 13.2. The molecule has 0 saturated carbocycles. The van der Waals surface area contributed by atoms with Gasteiger partial charge >= 0.3 is 5.97 Å². The Kier molecular flexibility index (Phi) is 5.63. The zero-order valence-corrected chi connectivity index (χ0v) is 13.1. The molecule has 1 amide bonds. The topological polar surface area (TPSA) is 84.4 Å². The van der Waals surface area contributed by atoms with E-state index in [0.717, 1.165) is 6.42 Å². The van der Waals surface area contributed by atoms with Crippen LogP contribution in [0.2, 0.25) is 0 Å². The van der Waals surface area contributed by atoms with Crippen molar-refractivity contribution in [2.45, 2.75) is 32.2 Å². The lowest BCUT2D eigenvalue weighted by Gasteiger charge is -2.27. The summed E-state index contributed by atoms with van der Waals surface area (Å²) in [6.07, 6.45) is 1.41. The number of anilines is 1. The van der Waals surface area contributed by atoms with E-state index in [-0.39, 0.29) is 17.6 Å². The first-order chi connectivity index (χ1) is 9.84. The molecule has 1 N–H and O–H groups in total. The molecule has 1 aromatic rings. The number of hydrogen-bond donors (Lipinski definition) is 1. The van der Waals surface area contributed by atoms with Crippen LogP contribution >= 0.6 is 0 Å². The van der Waals surface area contributed by atoms with Crippen LogP contribution in [0.3, 0.4) is 0 Å². The van der Waals surface area contributed by atoms with Gasteiger partial charge in [-0.1, -0.05) is 13.3 Å². The number of esters is 1. The molecule has 7 nitrogen and oxygen atoms in total. The molecule has 0 aromatic carbocycles. The van der Waals surface area contributed by atoms with Crippen LogP contribution < -0.4 is 5.32 Å². The molecule has 1 unspecified atom stereocenters. The molecule has 0 spiro atoms. The molecule has 0 aliphatic heterocycles. The minimum Gasteiger partial charge on any atom is -0.467 e. The maximum Gasteiger partial charge on any atom is 0.331 e. The number of nitrogens with one attached hydrogen (secondary N) is 1. The van der Waals surface area contributed by atoms with E-state index >= 15 is 0 Å². The molecule has 21 heavy (non-hydrogen) atoms. The minimum atomic E-state index is -0.870.